The molecule has 7 heteroatoms. The van der Waals surface area contributed by atoms with Crippen LogP contribution >= 0.6 is 11.6 Å². The molecule has 0 N–H and O–H groups in total. The van der Waals surface area contributed by atoms with E-state index in [1.807, 2.05) is 73.3 Å². The molecule has 0 spiro atoms. The summed E-state index contributed by atoms with van der Waals surface area (Å²) >= 11 is 6.32. The SMILES string of the molecule is Cc1nn(Cc2ccccc2Cl)c(C)c1CN(C)Cc1nc(-c2ccccc2)no1. The number of rotatable bonds is 7. The maximum atomic E-state index is 6.32. The third kappa shape index (κ3) is 4.45. The Hall–Kier alpha value is -2.96. The number of aryl methyl sites for hydroxylation is 1. The molecule has 2 heterocycles. The fourth-order valence-corrected chi connectivity index (χ4v) is 3.68. The summed E-state index contributed by atoms with van der Waals surface area (Å²) in [5, 5.41) is 9.59. The molecule has 0 atom stereocenters. The maximum Gasteiger partial charge on any atom is 0.241 e. The standard InChI is InChI=1S/C23H24ClN5O/c1-16-20(17(2)29(26-16)13-19-11-7-8-12-21(19)24)14-28(3)15-22-25-23(27-30-22)18-9-5-4-6-10-18/h4-12H,13-15H2,1-3H3. The van der Waals surface area contributed by atoms with Gasteiger partial charge in [0.25, 0.3) is 0 Å². The predicted molar refractivity (Wildman–Crippen MR) is 117 cm³/mol. The van der Waals surface area contributed by atoms with Crippen LogP contribution < -0.4 is 0 Å². The van der Waals surface area contributed by atoms with Crippen LogP contribution in [0.1, 0.15) is 28.4 Å². The van der Waals surface area contributed by atoms with Gasteiger partial charge in [-0.25, -0.2) is 0 Å². The molecule has 0 amide bonds. The first-order valence-corrected chi connectivity index (χ1v) is 10.2. The van der Waals surface area contributed by atoms with E-state index >= 15 is 0 Å². The van der Waals surface area contributed by atoms with Crippen molar-refractivity contribution in [2.45, 2.75) is 33.5 Å². The molecule has 2 aromatic heterocycles. The largest absolute Gasteiger partial charge is 0.338 e. The lowest BCUT2D eigenvalue weighted by atomic mass is 10.2. The second kappa shape index (κ2) is 8.81. The Morgan fingerprint density at radius 2 is 1.73 bits per heavy atom. The van der Waals surface area contributed by atoms with Gasteiger partial charge >= 0.3 is 0 Å². The van der Waals surface area contributed by atoms with E-state index < -0.39 is 0 Å². The van der Waals surface area contributed by atoms with Crippen molar-refractivity contribution in [2.75, 3.05) is 7.05 Å². The van der Waals surface area contributed by atoms with Crippen LogP contribution in [0.2, 0.25) is 5.02 Å². The van der Waals surface area contributed by atoms with E-state index in [0.717, 1.165) is 34.1 Å². The lowest BCUT2D eigenvalue weighted by Gasteiger charge is -2.14. The highest BCUT2D eigenvalue weighted by molar-refractivity contribution is 6.31. The van der Waals surface area contributed by atoms with Crippen LogP contribution in [0.3, 0.4) is 0 Å². The summed E-state index contributed by atoms with van der Waals surface area (Å²) in [6.45, 7) is 6.09. The zero-order chi connectivity index (χ0) is 21.1. The molecule has 4 rings (SSSR count). The number of hydrogen-bond acceptors (Lipinski definition) is 5. The van der Waals surface area contributed by atoms with E-state index in [1.54, 1.807) is 0 Å². The molecule has 0 unspecified atom stereocenters. The van der Waals surface area contributed by atoms with Crippen LogP contribution in [-0.2, 0) is 19.6 Å². The summed E-state index contributed by atoms with van der Waals surface area (Å²) in [6, 6.07) is 17.7. The molecular weight excluding hydrogens is 398 g/mol. The van der Waals surface area contributed by atoms with Crippen molar-refractivity contribution in [2.24, 2.45) is 0 Å². The van der Waals surface area contributed by atoms with Gasteiger partial charge in [0.15, 0.2) is 0 Å². The van der Waals surface area contributed by atoms with Crippen LogP contribution in [0.5, 0.6) is 0 Å². The number of nitrogens with zero attached hydrogens (tertiary/aromatic N) is 5. The average molecular weight is 422 g/mol. The van der Waals surface area contributed by atoms with Gasteiger partial charge in [0, 0.05) is 28.4 Å². The minimum atomic E-state index is 0.564. The first-order valence-electron chi connectivity index (χ1n) is 9.84. The maximum absolute atomic E-state index is 6.32. The average Bonchev–Trinajstić information content (AvgIpc) is 3.30. The third-order valence-corrected chi connectivity index (χ3v) is 5.51. The summed E-state index contributed by atoms with van der Waals surface area (Å²) in [6.07, 6.45) is 0. The molecule has 6 nitrogen and oxygen atoms in total. The first-order chi connectivity index (χ1) is 14.5. The minimum Gasteiger partial charge on any atom is -0.338 e. The van der Waals surface area contributed by atoms with Gasteiger partial charge in [-0.05, 0) is 32.5 Å². The van der Waals surface area contributed by atoms with Crippen molar-refractivity contribution < 1.29 is 4.52 Å². The second-order valence-corrected chi connectivity index (χ2v) is 7.86. The lowest BCUT2D eigenvalue weighted by Crippen LogP contribution is -2.18. The van der Waals surface area contributed by atoms with Crippen LogP contribution in [0.25, 0.3) is 11.4 Å². The van der Waals surface area contributed by atoms with Crippen molar-refractivity contribution in [1.29, 1.82) is 0 Å². The van der Waals surface area contributed by atoms with Gasteiger partial charge in [-0.15, -0.1) is 0 Å². The van der Waals surface area contributed by atoms with E-state index in [4.69, 9.17) is 21.2 Å². The highest BCUT2D eigenvalue weighted by Crippen LogP contribution is 2.21. The molecule has 30 heavy (non-hydrogen) atoms. The number of halogens is 1. The highest BCUT2D eigenvalue weighted by Gasteiger charge is 2.16. The Balaban J connectivity index is 1.45. The van der Waals surface area contributed by atoms with E-state index in [0.29, 0.717) is 24.8 Å². The Kier molecular flexibility index (Phi) is 5.97. The monoisotopic (exact) mass is 421 g/mol. The molecular formula is C23H24ClN5O. The van der Waals surface area contributed by atoms with Gasteiger partial charge < -0.3 is 4.52 Å². The predicted octanol–water partition coefficient (Wildman–Crippen LogP) is 4.88. The molecule has 0 aliphatic rings. The van der Waals surface area contributed by atoms with Crippen LogP contribution in [0.15, 0.2) is 59.1 Å². The van der Waals surface area contributed by atoms with E-state index in [2.05, 4.69) is 22.0 Å². The smallest absolute Gasteiger partial charge is 0.241 e. The molecule has 4 aromatic rings. The molecule has 0 bridgehead atoms. The van der Waals surface area contributed by atoms with Gasteiger partial charge in [-0.2, -0.15) is 10.1 Å². The van der Waals surface area contributed by atoms with E-state index in [9.17, 15) is 0 Å². The summed E-state index contributed by atoms with van der Waals surface area (Å²) < 4.78 is 7.46. The molecule has 0 radical (unpaired) electrons. The summed E-state index contributed by atoms with van der Waals surface area (Å²) in [5.74, 6) is 1.20. The number of benzene rings is 2. The molecule has 0 aliphatic heterocycles. The van der Waals surface area contributed by atoms with Gasteiger partial charge in [0.1, 0.15) is 0 Å². The molecule has 154 valence electrons. The van der Waals surface area contributed by atoms with Crippen molar-refractivity contribution >= 4 is 11.6 Å². The first kappa shape index (κ1) is 20.3. The third-order valence-electron chi connectivity index (χ3n) is 5.14. The topological polar surface area (TPSA) is 60.0 Å². The Morgan fingerprint density at radius 1 is 1.00 bits per heavy atom. The number of hydrogen-bond donors (Lipinski definition) is 0. The van der Waals surface area contributed by atoms with E-state index in [1.165, 1.54) is 5.56 Å². The van der Waals surface area contributed by atoms with Crippen molar-refractivity contribution in [3.05, 3.63) is 88.0 Å². The van der Waals surface area contributed by atoms with Crippen LogP contribution in [0.4, 0.5) is 0 Å². The Labute approximate surface area is 181 Å². The summed E-state index contributed by atoms with van der Waals surface area (Å²) in [4.78, 5) is 6.67. The highest BCUT2D eigenvalue weighted by atomic mass is 35.5. The van der Waals surface area contributed by atoms with Crippen molar-refractivity contribution in [3.8, 4) is 11.4 Å². The fourth-order valence-electron chi connectivity index (χ4n) is 3.49. The molecule has 0 saturated heterocycles. The van der Waals surface area contributed by atoms with Gasteiger partial charge in [-0.1, -0.05) is 65.3 Å². The van der Waals surface area contributed by atoms with Crippen molar-refractivity contribution in [1.82, 2.24) is 24.8 Å². The minimum absolute atomic E-state index is 0.564. The zero-order valence-corrected chi connectivity index (χ0v) is 18.1. The normalized spacial score (nSPS) is 11.4. The molecule has 0 aliphatic carbocycles. The summed E-state index contributed by atoms with van der Waals surface area (Å²) in [5.41, 5.74) is 5.36. The van der Waals surface area contributed by atoms with Crippen LogP contribution in [-0.4, -0.2) is 31.9 Å². The lowest BCUT2D eigenvalue weighted by molar-refractivity contribution is 0.260. The van der Waals surface area contributed by atoms with Gasteiger partial charge in [0.05, 0.1) is 18.8 Å². The quantitative estimate of drug-likeness (QED) is 0.425. The second-order valence-electron chi connectivity index (χ2n) is 7.45. The molecule has 2 aromatic carbocycles. The van der Waals surface area contributed by atoms with Gasteiger partial charge in [-0.3, -0.25) is 9.58 Å². The van der Waals surface area contributed by atoms with E-state index in [-0.39, 0.29) is 0 Å². The van der Waals surface area contributed by atoms with Crippen molar-refractivity contribution in [3.63, 3.8) is 0 Å². The number of aromatic nitrogens is 4. The molecule has 0 saturated carbocycles. The fraction of sp³-hybridized carbons (Fsp3) is 0.261. The zero-order valence-electron chi connectivity index (χ0n) is 17.3. The Bertz CT molecular complexity index is 1140. The van der Waals surface area contributed by atoms with Gasteiger partial charge in [0.2, 0.25) is 11.7 Å². The van der Waals surface area contributed by atoms with Crippen LogP contribution in [0, 0.1) is 13.8 Å². The Morgan fingerprint density at radius 3 is 2.50 bits per heavy atom. The summed E-state index contributed by atoms with van der Waals surface area (Å²) in [7, 11) is 2.04. The molecule has 0 fully saturated rings.